The number of nitrogens with zero attached hydrogens (tertiary/aromatic N) is 2. The molecule has 13 heavy (non-hydrogen) atoms. The van der Waals surface area contributed by atoms with Crippen LogP contribution in [-0.2, 0) is 10.2 Å². The zero-order chi connectivity index (χ0) is 9.69. The van der Waals surface area contributed by atoms with Crippen molar-refractivity contribution in [1.29, 1.82) is 5.26 Å². The van der Waals surface area contributed by atoms with Crippen LogP contribution in [0.1, 0.15) is 6.42 Å². The standard InChI is InChI=1S/C7H11N3O2S/c1-9-13(11,12)10-3-6-2-7(6,4-8)5-10/h6,9H,2-3,5H2,1H3/t6-,7-/m0/s1. The molecular formula is C7H11N3O2S. The SMILES string of the molecule is CNS(=O)(=O)N1C[C@@H]2C[C@]2(C#N)C1. The molecule has 2 fully saturated rings. The van der Waals surface area contributed by atoms with Gasteiger partial charge < -0.3 is 0 Å². The molecule has 1 heterocycles. The summed E-state index contributed by atoms with van der Waals surface area (Å²) in [5.74, 6) is 0.264. The van der Waals surface area contributed by atoms with Gasteiger partial charge in [0.2, 0.25) is 0 Å². The van der Waals surface area contributed by atoms with Crippen molar-refractivity contribution in [3.63, 3.8) is 0 Å². The van der Waals surface area contributed by atoms with Gasteiger partial charge in [0.25, 0.3) is 10.2 Å². The van der Waals surface area contributed by atoms with Crippen LogP contribution in [0.2, 0.25) is 0 Å². The van der Waals surface area contributed by atoms with Crippen LogP contribution in [0, 0.1) is 22.7 Å². The third-order valence-corrected chi connectivity index (χ3v) is 4.41. The van der Waals surface area contributed by atoms with E-state index in [0.717, 1.165) is 6.42 Å². The van der Waals surface area contributed by atoms with Crippen molar-refractivity contribution >= 4 is 10.2 Å². The first-order valence-electron chi connectivity index (χ1n) is 4.14. The monoisotopic (exact) mass is 201 g/mol. The molecule has 2 aliphatic rings. The summed E-state index contributed by atoms with van der Waals surface area (Å²) in [7, 11) is -1.93. The number of hydrogen-bond donors (Lipinski definition) is 1. The van der Waals surface area contributed by atoms with Gasteiger partial charge in [-0.3, -0.25) is 0 Å². The maximum atomic E-state index is 11.3. The smallest absolute Gasteiger partial charge is 0.205 e. The van der Waals surface area contributed by atoms with Crippen molar-refractivity contribution < 1.29 is 8.42 Å². The molecule has 0 spiro atoms. The topological polar surface area (TPSA) is 73.2 Å². The van der Waals surface area contributed by atoms with Crippen LogP contribution in [0.5, 0.6) is 0 Å². The van der Waals surface area contributed by atoms with E-state index in [1.54, 1.807) is 0 Å². The van der Waals surface area contributed by atoms with Gasteiger partial charge in [0, 0.05) is 20.1 Å². The van der Waals surface area contributed by atoms with Gasteiger partial charge in [0.1, 0.15) is 0 Å². The van der Waals surface area contributed by atoms with E-state index < -0.39 is 10.2 Å². The second kappa shape index (κ2) is 2.44. The van der Waals surface area contributed by atoms with E-state index in [1.165, 1.54) is 11.4 Å². The highest BCUT2D eigenvalue weighted by atomic mass is 32.2. The second-order valence-electron chi connectivity index (χ2n) is 3.67. The summed E-state index contributed by atoms with van der Waals surface area (Å²) in [6.07, 6.45) is 0.860. The first kappa shape index (κ1) is 8.94. The number of nitrogens with one attached hydrogen (secondary N) is 1. The first-order valence-corrected chi connectivity index (χ1v) is 5.58. The largest absolute Gasteiger partial charge is 0.279 e. The van der Waals surface area contributed by atoms with E-state index in [9.17, 15) is 8.42 Å². The first-order chi connectivity index (χ1) is 6.04. The molecule has 2 atom stereocenters. The Morgan fingerprint density at radius 1 is 1.69 bits per heavy atom. The maximum absolute atomic E-state index is 11.3. The lowest BCUT2D eigenvalue weighted by molar-refractivity contribution is 0.424. The predicted octanol–water partition coefficient (Wildman–Crippen LogP) is -0.704. The van der Waals surface area contributed by atoms with E-state index in [4.69, 9.17) is 5.26 Å². The highest BCUT2D eigenvalue weighted by Gasteiger charge is 2.62. The molecule has 0 aromatic heterocycles. The summed E-state index contributed by atoms with van der Waals surface area (Å²) in [5.41, 5.74) is -0.357. The molecule has 1 saturated heterocycles. The van der Waals surface area contributed by atoms with Crippen LogP contribution in [0.4, 0.5) is 0 Å². The van der Waals surface area contributed by atoms with Crippen LogP contribution in [0.25, 0.3) is 0 Å². The number of nitriles is 1. The fourth-order valence-corrected chi connectivity index (χ4v) is 2.96. The maximum Gasteiger partial charge on any atom is 0.279 e. The van der Waals surface area contributed by atoms with Crippen molar-refractivity contribution in [2.45, 2.75) is 6.42 Å². The van der Waals surface area contributed by atoms with Gasteiger partial charge in [0.15, 0.2) is 0 Å². The lowest BCUT2D eigenvalue weighted by atomic mass is 10.1. The highest BCUT2D eigenvalue weighted by Crippen LogP contribution is 2.57. The van der Waals surface area contributed by atoms with Crippen molar-refractivity contribution in [1.82, 2.24) is 9.03 Å². The molecule has 5 nitrogen and oxygen atoms in total. The Kier molecular flexibility index (Phi) is 1.68. The van der Waals surface area contributed by atoms with E-state index in [2.05, 4.69) is 10.8 Å². The third kappa shape index (κ3) is 1.15. The fourth-order valence-electron chi connectivity index (χ4n) is 1.92. The molecule has 0 radical (unpaired) electrons. The average Bonchev–Trinajstić information content (AvgIpc) is 2.69. The Morgan fingerprint density at radius 3 is 2.85 bits per heavy atom. The Labute approximate surface area is 77.5 Å². The molecule has 0 unspecified atom stereocenters. The van der Waals surface area contributed by atoms with Gasteiger partial charge in [0.05, 0.1) is 11.5 Å². The lowest BCUT2D eigenvalue weighted by Crippen LogP contribution is -2.39. The molecule has 72 valence electrons. The molecule has 2 rings (SSSR count). The van der Waals surface area contributed by atoms with Gasteiger partial charge in [-0.15, -0.1) is 0 Å². The van der Waals surface area contributed by atoms with Gasteiger partial charge in [-0.25, -0.2) is 4.72 Å². The molecule has 6 heteroatoms. The van der Waals surface area contributed by atoms with Crippen LogP contribution in [0.3, 0.4) is 0 Å². The summed E-state index contributed by atoms with van der Waals surface area (Å²) in [5, 5.41) is 8.83. The summed E-state index contributed by atoms with van der Waals surface area (Å²) in [6.45, 7) is 0.855. The Morgan fingerprint density at radius 2 is 2.38 bits per heavy atom. The second-order valence-corrected chi connectivity index (χ2v) is 5.55. The van der Waals surface area contributed by atoms with Crippen molar-refractivity contribution in [3.05, 3.63) is 0 Å². The number of piperidine rings is 1. The van der Waals surface area contributed by atoms with Gasteiger partial charge in [-0.2, -0.15) is 18.0 Å². The number of fused-ring (bicyclic) bond motifs is 1. The number of hydrogen-bond acceptors (Lipinski definition) is 3. The van der Waals surface area contributed by atoms with E-state index in [1.807, 2.05) is 0 Å². The molecular weight excluding hydrogens is 190 g/mol. The summed E-state index contributed by atoms with van der Waals surface area (Å²) in [4.78, 5) is 0. The molecule has 1 aliphatic heterocycles. The van der Waals surface area contributed by atoms with Crippen molar-refractivity contribution in [2.75, 3.05) is 20.1 Å². The lowest BCUT2D eigenvalue weighted by Gasteiger charge is -2.16. The van der Waals surface area contributed by atoms with Gasteiger partial charge in [-0.05, 0) is 12.3 Å². The molecule has 0 amide bonds. The summed E-state index contributed by atoms with van der Waals surface area (Å²) < 4.78 is 26.3. The van der Waals surface area contributed by atoms with Crippen molar-refractivity contribution in [3.8, 4) is 6.07 Å². The Bertz CT molecular complexity index is 372. The Balaban J connectivity index is 2.15. The van der Waals surface area contributed by atoms with E-state index in [0.29, 0.717) is 13.1 Å². The minimum Gasteiger partial charge on any atom is -0.205 e. The zero-order valence-corrected chi connectivity index (χ0v) is 8.13. The summed E-state index contributed by atoms with van der Waals surface area (Å²) in [6, 6.07) is 2.21. The van der Waals surface area contributed by atoms with Crippen LogP contribution in [-0.4, -0.2) is 32.9 Å². The summed E-state index contributed by atoms with van der Waals surface area (Å²) >= 11 is 0. The molecule has 1 saturated carbocycles. The normalized spacial score (nSPS) is 38.3. The quantitative estimate of drug-likeness (QED) is 0.641. The predicted molar refractivity (Wildman–Crippen MR) is 45.7 cm³/mol. The van der Waals surface area contributed by atoms with Gasteiger partial charge in [-0.1, -0.05) is 0 Å². The third-order valence-electron chi connectivity index (χ3n) is 2.94. The van der Waals surface area contributed by atoms with Gasteiger partial charge >= 0.3 is 0 Å². The fraction of sp³-hybridized carbons (Fsp3) is 0.857. The highest BCUT2D eigenvalue weighted by molar-refractivity contribution is 7.87. The Hall–Kier alpha value is -0.640. The van der Waals surface area contributed by atoms with Crippen LogP contribution >= 0.6 is 0 Å². The molecule has 0 aromatic carbocycles. The van der Waals surface area contributed by atoms with Crippen LogP contribution < -0.4 is 4.72 Å². The average molecular weight is 201 g/mol. The van der Waals surface area contributed by atoms with Crippen molar-refractivity contribution in [2.24, 2.45) is 11.3 Å². The molecule has 0 aromatic rings. The molecule has 1 aliphatic carbocycles. The van der Waals surface area contributed by atoms with E-state index in [-0.39, 0.29) is 11.3 Å². The minimum atomic E-state index is -3.32. The zero-order valence-electron chi connectivity index (χ0n) is 7.32. The van der Waals surface area contributed by atoms with E-state index >= 15 is 0 Å². The molecule has 1 N–H and O–H groups in total. The minimum absolute atomic E-state index is 0.264. The van der Waals surface area contributed by atoms with Crippen LogP contribution in [0.15, 0.2) is 0 Å². The molecule has 0 bridgehead atoms. The number of rotatable bonds is 2.